The maximum Gasteiger partial charge on any atom is 0.280 e. The van der Waals surface area contributed by atoms with E-state index >= 15 is 0 Å². The minimum Gasteiger partial charge on any atom is -0.365 e. The number of nitrogens with one attached hydrogen (secondary N) is 2. The van der Waals surface area contributed by atoms with E-state index in [1.165, 1.54) is 26.8 Å². The molecule has 144 valence electrons. The van der Waals surface area contributed by atoms with Crippen molar-refractivity contribution >= 4 is 28.2 Å². The average Bonchev–Trinajstić information content (AvgIpc) is 3.32. The van der Waals surface area contributed by atoms with Crippen LogP contribution in [0, 0.1) is 0 Å². The number of aromatic nitrogens is 1. The summed E-state index contributed by atoms with van der Waals surface area (Å²) >= 11 is 1.53. The standard InChI is InChI=1S/C20H26N4O2S/c1-23-10-4-7-14(23)15-8-5-11-24(15)12-17(25)22-20-18(19(21)26)13-6-2-3-9-16(13)27-20/h4,7,10,15H,2-3,5-6,8-9,11-12H2,1H3,(H2,21,26)(H,22,25)/p+1/t15-/m1/s1. The van der Waals surface area contributed by atoms with Crippen molar-refractivity contribution in [3.05, 3.63) is 40.0 Å². The zero-order chi connectivity index (χ0) is 19.0. The third-order valence-electron chi connectivity index (χ3n) is 5.88. The molecule has 2 aromatic heterocycles. The number of quaternary nitrogens is 1. The molecule has 1 unspecified atom stereocenters. The molecule has 4 rings (SSSR count). The lowest BCUT2D eigenvalue weighted by atomic mass is 9.95. The van der Waals surface area contributed by atoms with E-state index in [2.05, 4.69) is 35.3 Å². The number of carbonyl (C=O) groups is 2. The fraction of sp³-hybridized carbons (Fsp3) is 0.500. The predicted molar refractivity (Wildman–Crippen MR) is 106 cm³/mol. The summed E-state index contributed by atoms with van der Waals surface area (Å²) in [5.41, 5.74) is 8.51. The van der Waals surface area contributed by atoms with Crippen molar-refractivity contribution in [1.29, 1.82) is 0 Å². The highest BCUT2D eigenvalue weighted by Crippen LogP contribution is 2.37. The SMILES string of the molecule is Cn1cccc1[C@H]1CCC[NH+]1CC(=O)Nc1sc2c(c1C(N)=O)CCCC2. The summed E-state index contributed by atoms with van der Waals surface area (Å²) in [5.74, 6) is -0.466. The van der Waals surface area contributed by atoms with E-state index in [1.54, 1.807) is 0 Å². The highest BCUT2D eigenvalue weighted by atomic mass is 32.1. The van der Waals surface area contributed by atoms with Crippen LogP contribution in [0.1, 0.15) is 58.2 Å². The number of likely N-dealkylation sites (tertiary alicyclic amines) is 1. The number of thiophene rings is 1. The number of nitrogens with two attached hydrogens (primary N) is 1. The molecule has 2 aromatic rings. The van der Waals surface area contributed by atoms with Gasteiger partial charge in [0.2, 0.25) is 0 Å². The molecule has 27 heavy (non-hydrogen) atoms. The van der Waals surface area contributed by atoms with Crippen molar-refractivity contribution in [2.24, 2.45) is 12.8 Å². The quantitative estimate of drug-likeness (QED) is 0.725. The molecular weight excluding hydrogens is 360 g/mol. The molecule has 0 spiro atoms. The van der Waals surface area contributed by atoms with Gasteiger partial charge < -0.3 is 20.5 Å². The Hall–Kier alpha value is -2.12. The van der Waals surface area contributed by atoms with E-state index in [4.69, 9.17) is 5.73 Å². The summed E-state index contributed by atoms with van der Waals surface area (Å²) in [6.07, 6.45) is 8.35. The van der Waals surface area contributed by atoms with Crippen LogP contribution in [-0.4, -0.2) is 29.5 Å². The van der Waals surface area contributed by atoms with Gasteiger partial charge in [-0.3, -0.25) is 9.59 Å². The zero-order valence-electron chi connectivity index (χ0n) is 15.7. The molecule has 0 bridgehead atoms. The lowest BCUT2D eigenvalue weighted by Gasteiger charge is -2.21. The highest BCUT2D eigenvalue weighted by molar-refractivity contribution is 7.17. The maximum absolute atomic E-state index is 12.8. The molecule has 1 saturated heterocycles. The van der Waals surface area contributed by atoms with Gasteiger partial charge in [0.1, 0.15) is 11.0 Å². The Morgan fingerprint density at radius 2 is 2.15 bits per heavy atom. The monoisotopic (exact) mass is 387 g/mol. The number of hydrogen-bond donors (Lipinski definition) is 3. The van der Waals surface area contributed by atoms with Crippen molar-refractivity contribution in [2.45, 2.75) is 44.6 Å². The summed E-state index contributed by atoms with van der Waals surface area (Å²) < 4.78 is 2.15. The average molecular weight is 388 g/mol. The van der Waals surface area contributed by atoms with Gasteiger partial charge in [0.05, 0.1) is 17.8 Å². The van der Waals surface area contributed by atoms with Gasteiger partial charge in [0, 0.05) is 31.0 Å². The second-order valence-electron chi connectivity index (χ2n) is 7.65. The summed E-state index contributed by atoms with van der Waals surface area (Å²) in [4.78, 5) is 27.3. The topological polar surface area (TPSA) is 81.6 Å². The van der Waals surface area contributed by atoms with Gasteiger partial charge in [0.15, 0.2) is 6.54 Å². The van der Waals surface area contributed by atoms with Crippen LogP contribution in [0.15, 0.2) is 18.3 Å². The van der Waals surface area contributed by atoms with E-state index in [0.29, 0.717) is 23.2 Å². The number of primary amides is 1. The lowest BCUT2D eigenvalue weighted by Crippen LogP contribution is -3.11. The van der Waals surface area contributed by atoms with Crippen LogP contribution in [-0.2, 0) is 24.7 Å². The van der Waals surface area contributed by atoms with Gasteiger partial charge in [-0.1, -0.05) is 0 Å². The summed E-state index contributed by atoms with van der Waals surface area (Å²) in [7, 11) is 2.06. The van der Waals surface area contributed by atoms with Crippen LogP contribution in [0.2, 0.25) is 0 Å². The summed E-state index contributed by atoms with van der Waals surface area (Å²) in [5, 5.41) is 3.65. The second-order valence-corrected chi connectivity index (χ2v) is 8.76. The van der Waals surface area contributed by atoms with Gasteiger partial charge in [-0.25, -0.2) is 0 Å². The lowest BCUT2D eigenvalue weighted by molar-refractivity contribution is -0.910. The number of anilines is 1. The number of rotatable bonds is 5. The van der Waals surface area contributed by atoms with E-state index < -0.39 is 5.91 Å². The molecule has 6 nitrogen and oxygen atoms in total. The van der Waals surface area contributed by atoms with Crippen LogP contribution < -0.4 is 16.0 Å². The fourth-order valence-corrected chi connectivity index (χ4v) is 5.92. The number of amides is 2. The first-order valence-electron chi connectivity index (χ1n) is 9.74. The smallest absolute Gasteiger partial charge is 0.280 e. The van der Waals surface area contributed by atoms with Crippen molar-refractivity contribution in [3.63, 3.8) is 0 Å². The van der Waals surface area contributed by atoms with Crippen LogP contribution in [0.3, 0.4) is 0 Å². The minimum absolute atomic E-state index is 0.0350. The Kier molecular flexibility index (Phi) is 5.06. The number of fused-ring (bicyclic) bond motifs is 1. The third kappa shape index (κ3) is 3.53. The molecule has 0 radical (unpaired) electrons. The Morgan fingerprint density at radius 3 is 2.89 bits per heavy atom. The maximum atomic E-state index is 12.8. The molecule has 0 saturated carbocycles. The highest BCUT2D eigenvalue weighted by Gasteiger charge is 2.33. The molecular formula is C20H27N4O2S+. The Morgan fingerprint density at radius 1 is 1.33 bits per heavy atom. The summed E-state index contributed by atoms with van der Waals surface area (Å²) in [6, 6.07) is 4.55. The van der Waals surface area contributed by atoms with Gasteiger partial charge in [0.25, 0.3) is 11.8 Å². The van der Waals surface area contributed by atoms with Crippen molar-refractivity contribution in [3.8, 4) is 0 Å². The van der Waals surface area contributed by atoms with Crippen LogP contribution >= 0.6 is 11.3 Å². The minimum atomic E-state index is -0.431. The molecule has 1 aliphatic carbocycles. The van der Waals surface area contributed by atoms with Gasteiger partial charge >= 0.3 is 0 Å². The normalized spacial score (nSPS) is 21.8. The van der Waals surface area contributed by atoms with E-state index in [9.17, 15) is 9.59 Å². The van der Waals surface area contributed by atoms with Crippen molar-refractivity contribution in [1.82, 2.24) is 4.57 Å². The van der Waals surface area contributed by atoms with Gasteiger partial charge in [-0.2, -0.15) is 0 Å². The van der Waals surface area contributed by atoms with Crippen LogP contribution in [0.5, 0.6) is 0 Å². The zero-order valence-corrected chi connectivity index (χ0v) is 16.5. The summed E-state index contributed by atoms with van der Waals surface area (Å²) in [6.45, 7) is 1.41. The van der Waals surface area contributed by atoms with Crippen LogP contribution in [0.25, 0.3) is 0 Å². The number of aryl methyl sites for hydroxylation is 2. The van der Waals surface area contributed by atoms with Gasteiger partial charge in [-0.05, 0) is 43.4 Å². The molecule has 4 N–H and O–H groups in total. The number of hydrogen-bond acceptors (Lipinski definition) is 3. The second kappa shape index (κ2) is 7.48. The van der Waals surface area contributed by atoms with Crippen molar-refractivity contribution in [2.75, 3.05) is 18.4 Å². The van der Waals surface area contributed by atoms with E-state index in [0.717, 1.165) is 50.6 Å². The number of nitrogens with zero attached hydrogens (tertiary/aromatic N) is 1. The molecule has 0 aromatic carbocycles. The molecule has 2 amide bonds. The fourth-order valence-electron chi connectivity index (χ4n) is 4.61. The Labute approximate surface area is 163 Å². The van der Waals surface area contributed by atoms with Crippen LogP contribution in [0.4, 0.5) is 5.00 Å². The third-order valence-corrected chi connectivity index (χ3v) is 7.09. The van der Waals surface area contributed by atoms with E-state index in [-0.39, 0.29) is 5.91 Å². The number of carbonyl (C=O) groups excluding carboxylic acids is 2. The molecule has 7 heteroatoms. The molecule has 2 atom stereocenters. The Balaban J connectivity index is 1.49. The molecule has 1 aliphatic heterocycles. The first-order valence-corrected chi connectivity index (χ1v) is 10.6. The predicted octanol–water partition coefficient (Wildman–Crippen LogP) is 1.42. The van der Waals surface area contributed by atoms with Crippen molar-refractivity contribution < 1.29 is 14.5 Å². The largest absolute Gasteiger partial charge is 0.365 e. The Bertz CT molecular complexity index is 869. The molecule has 1 fully saturated rings. The van der Waals surface area contributed by atoms with E-state index in [1.807, 2.05) is 0 Å². The first kappa shape index (κ1) is 18.3. The van der Waals surface area contributed by atoms with Gasteiger partial charge in [-0.15, -0.1) is 11.3 Å². The molecule has 2 aliphatic rings. The first-order chi connectivity index (χ1) is 13.0. The molecule has 3 heterocycles.